The number of para-hydroxylation sites is 5. The van der Waals surface area contributed by atoms with E-state index >= 15 is 0 Å². The second kappa shape index (κ2) is 11.8. The molecule has 0 spiro atoms. The third kappa shape index (κ3) is 4.39. The van der Waals surface area contributed by atoms with Crippen LogP contribution in [0.2, 0.25) is 0 Å². The van der Waals surface area contributed by atoms with E-state index in [0.717, 1.165) is 66.4 Å². The first kappa shape index (κ1) is 30.7. The number of rotatable bonds is 4. The van der Waals surface area contributed by atoms with Gasteiger partial charge in [0.05, 0.1) is 73.4 Å². The van der Waals surface area contributed by atoms with Crippen LogP contribution in [-0.4, -0.2) is 13.7 Å². The summed E-state index contributed by atoms with van der Waals surface area (Å²) in [7, 11) is 0. The van der Waals surface area contributed by atoms with Crippen LogP contribution in [0.3, 0.4) is 0 Å². The maximum atomic E-state index is 10.2. The van der Waals surface area contributed by atoms with E-state index in [0.29, 0.717) is 11.1 Å². The lowest BCUT2D eigenvalue weighted by Gasteiger charge is -2.19. The zero-order valence-electron chi connectivity index (χ0n) is 29.5. The lowest BCUT2D eigenvalue weighted by atomic mass is 9.98. The van der Waals surface area contributed by atoms with Crippen molar-refractivity contribution in [3.63, 3.8) is 0 Å². The minimum atomic E-state index is 0.581. The molecule has 8 aromatic carbocycles. The van der Waals surface area contributed by atoms with E-state index in [1.54, 1.807) is 0 Å². The van der Waals surface area contributed by atoms with E-state index < -0.39 is 0 Å². The molecule has 0 atom stereocenters. The highest BCUT2D eigenvalue weighted by atomic mass is 15.0. The summed E-state index contributed by atoms with van der Waals surface area (Å²) in [5.74, 6) is 0. The van der Waals surface area contributed by atoms with E-state index in [2.05, 4.69) is 159 Å². The van der Waals surface area contributed by atoms with Crippen molar-refractivity contribution in [2.45, 2.75) is 0 Å². The van der Waals surface area contributed by atoms with Gasteiger partial charge in [0.1, 0.15) is 0 Å². The minimum absolute atomic E-state index is 0.581. The van der Waals surface area contributed by atoms with Crippen LogP contribution >= 0.6 is 0 Å². The molecule has 0 fully saturated rings. The average molecular weight is 700 g/mol. The largest absolute Gasteiger partial charge is 0.309 e. The molecule has 3 aromatic heterocycles. The Labute approximate surface area is 316 Å². The standard InChI is InChI=1S/C50H29N5/c51-30-32-24-26-46-39(28-32)36-14-3-8-19-43(36)53(46)47-27-25-33(31-52)29-40(47)37-15-4-9-20-44(37)55-45-21-10-5-16-38(45)50-48(22-11-23-49(50)55)54-41-17-6-1-12-34(41)35-13-2-7-18-42(35)54/h1-29H. The molecule has 5 nitrogen and oxygen atoms in total. The predicted octanol–water partition coefficient (Wildman–Crippen LogP) is 12.4. The predicted molar refractivity (Wildman–Crippen MR) is 224 cm³/mol. The maximum Gasteiger partial charge on any atom is 0.0991 e. The molecule has 0 aliphatic rings. The molecular weight excluding hydrogens is 671 g/mol. The highest BCUT2D eigenvalue weighted by Crippen LogP contribution is 2.43. The summed E-state index contributed by atoms with van der Waals surface area (Å²) in [6, 6.07) is 66.0. The summed E-state index contributed by atoms with van der Waals surface area (Å²) in [6.07, 6.45) is 0. The van der Waals surface area contributed by atoms with Gasteiger partial charge in [-0.3, -0.25) is 0 Å². The smallest absolute Gasteiger partial charge is 0.0991 e. The molecule has 0 radical (unpaired) electrons. The van der Waals surface area contributed by atoms with Crippen molar-refractivity contribution in [1.29, 1.82) is 10.5 Å². The van der Waals surface area contributed by atoms with Crippen molar-refractivity contribution in [2.24, 2.45) is 0 Å². The van der Waals surface area contributed by atoms with Crippen LogP contribution in [0.15, 0.2) is 176 Å². The Kier molecular flexibility index (Phi) is 6.61. The van der Waals surface area contributed by atoms with Gasteiger partial charge in [-0.2, -0.15) is 10.5 Å². The molecule has 0 N–H and O–H groups in total. The van der Waals surface area contributed by atoms with Crippen molar-refractivity contribution < 1.29 is 0 Å². The highest BCUT2D eigenvalue weighted by Gasteiger charge is 2.23. The quantitative estimate of drug-likeness (QED) is 0.184. The van der Waals surface area contributed by atoms with Crippen LogP contribution in [0, 0.1) is 22.7 Å². The number of aromatic nitrogens is 3. The van der Waals surface area contributed by atoms with Gasteiger partial charge in [-0.15, -0.1) is 0 Å². The fourth-order valence-electron chi connectivity index (χ4n) is 8.84. The molecule has 0 bridgehead atoms. The summed E-state index contributed by atoms with van der Waals surface area (Å²) >= 11 is 0. The number of hydrogen-bond donors (Lipinski definition) is 0. The van der Waals surface area contributed by atoms with E-state index in [4.69, 9.17) is 0 Å². The second-order valence-corrected chi connectivity index (χ2v) is 14.0. The van der Waals surface area contributed by atoms with Crippen LogP contribution in [0.4, 0.5) is 0 Å². The topological polar surface area (TPSA) is 62.4 Å². The number of benzene rings is 8. The maximum absolute atomic E-state index is 10.2. The molecule has 11 aromatic rings. The van der Waals surface area contributed by atoms with Crippen LogP contribution < -0.4 is 0 Å². The normalized spacial score (nSPS) is 11.6. The fraction of sp³-hybridized carbons (Fsp3) is 0. The molecule has 0 saturated carbocycles. The Morgan fingerprint density at radius 1 is 0.309 bits per heavy atom. The first-order valence-electron chi connectivity index (χ1n) is 18.3. The van der Waals surface area contributed by atoms with Crippen LogP contribution in [0.25, 0.3) is 93.6 Å². The summed E-state index contributed by atoms with van der Waals surface area (Å²) in [5, 5.41) is 26.9. The first-order chi connectivity index (χ1) is 27.2. The molecule has 0 aliphatic carbocycles. The van der Waals surface area contributed by atoms with Gasteiger partial charge < -0.3 is 13.7 Å². The number of hydrogen-bond acceptors (Lipinski definition) is 2. The lowest BCUT2D eigenvalue weighted by Crippen LogP contribution is -2.02. The average Bonchev–Trinajstić information content (AvgIpc) is 3.89. The van der Waals surface area contributed by atoms with Gasteiger partial charge in [0.2, 0.25) is 0 Å². The highest BCUT2D eigenvalue weighted by molar-refractivity contribution is 6.17. The second-order valence-electron chi connectivity index (χ2n) is 14.0. The van der Waals surface area contributed by atoms with Crippen LogP contribution in [-0.2, 0) is 0 Å². The molecule has 0 unspecified atom stereocenters. The van der Waals surface area contributed by atoms with E-state index in [-0.39, 0.29) is 0 Å². The number of fused-ring (bicyclic) bond motifs is 9. The molecule has 254 valence electrons. The van der Waals surface area contributed by atoms with Gasteiger partial charge in [-0.05, 0) is 78.9 Å². The molecular formula is C50H29N5. The zero-order valence-corrected chi connectivity index (χ0v) is 29.5. The molecule has 11 rings (SSSR count). The van der Waals surface area contributed by atoms with Gasteiger partial charge in [-0.1, -0.05) is 97.1 Å². The van der Waals surface area contributed by atoms with E-state index in [1.165, 1.54) is 27.2 Å². The van der Waals surface area contributed by atoms with Crippen molar-refractivity contribution in [3.05, 3.63) is 187 Å². The Bertz CT molecular complexity index is 3420. The van der Waals surface area contributed by atoms with Crippen molar-refractivity contribution in [2.75, 3.05) is 0 Å². The first-order valence-corrected chi connectivity index (χ1v) is 18.3. The lowest BCUT2D eigenvalue weighted by molar-refractivity contribution is 1.15. The SMILES string of the molecule is N#Cc1ccc(-n2c3ccccc3c3cc(C#N)ccc32)c(-c2ccccc2-n2c3ccccc3c3c(-n4c5ccccc5c5ccccc54)cccc32)c1. The number of nitrogens with zero attached hydrogens (tertiary/aromatic N) is 5. The summed E-state index contributed by atoms with van der Waals surface area (Å²) in [6.45, 7) is 0. The molecule has 3 heterocycles. The zero-order chi connectivity index (χ0) is 36.6. The minimum Gasteiger partial charge on any atom is -0.309 e. The van der Waals surface area contributed by atoms with Gasteiger partial charge >= 0.3 is 0 Å². The fourth-order valence-corrected chi connectivity index (χ4v) is 8.84. The molecule has 0 aliphatic heterocycles. The van der Waals surface area contributed by atoms with E-state index in [9.17, 15) is 10.5 Å². The van der Waals surface area contributed by atoms with Gasteiger partial charge in [0.25, 0.3) is 0 Å². The molecule has 0 saturated heterocycles. The van der Waals surface area contributed by atoms with Crippen molar-refractivity contribution >= 4 is 65.4 Å². The summed E-state index contributed by atoms with van der Waals surface area (Å²) < 4.78 is 7.06. The van der Waals surface area contributed by atoms with Crippen LogP contribution in [0.5, 0.6) is 0 Å². The Morgan fingerprint density at radius 3 is 1.42 bits per heavy atom. The summed E-state index contributed by atoms with van der Waals surface area (Å²) in [4.78, 5) is 0. The molecule has 0 amide bonds. The third-order valence-electron chi connectivity index (χ3n) is 11.1. The Hall–Kier alpha value is -7.86. The third-order valence-corrected chi connectivity index (χ3v) is 11.1. The van der Waals surface area contributed by atoms with E-state index in [1.807, 2.05) is 42.5 Å². The van der Waals surface area contributed by atoms with Gasteiger partial charge in [0, 0.05) is 43.4 Å². The Balaban J connectivity index is 1.23. The van der Waals surface area contributed by atoms with Crippen molar-refractivity contribution in [1.82, 2.24) is 13.7 Å². The van der Waals surface area contributed by atoms with Crippen LogP contribution in [0.1, 0.15) is 11.1 Å². The van der Waals surface area contributed by atoms with Gasteiger partial charge in [0.15, 0.2) is 0 Å². The van der Waals surface area contributed by atoms with Gasteiger partial charge in [-0.25, -0.2) is 0 Å². The Morgan fingerprint density at radius 2 is 0.745 bits per heavy atom. The summed E-state index contributed by atoms with van der Waals surface area (Å²) in [5.41, 5.74) is 12.8. The molecule has 55 heavy (non-hydrogen) atoms. The molecule has 5 heteroatoms. The van der Waals surface area contributed by atoms with Crippen molar-refractivity contribution in [3.8, 4) is 40.3 Å². The number of nitriles is 2. The monoisotopic (exact) mass is 699 g/mol.